The van der Waals surface area contributed by atoms with E-state index >= 15 is 0 Å². The maximum absolute atomic E-state index is 11.5. The number of urea groups is 1. The van der Waals surface area contributed by atoms with Crippen LogP contribution in [0.2, 0.25) is 0 Å². The molecule has 1 rings (SSSR count). The van der Waals surface area contributed by atoms with Gasteiger partial charge in [-0.15, -0.1) is 11.3 Å². The molecule has 8 heteroatoms. The Labute approximate surface area is 121 Å². The van der Waals surface area contributed by atoms with Crippen molar-refractivity contribution in [3.8, 4) is 0 Å². The van der Waals surface area contributed by atoms with Gasteiger partial charge in [-0.05, 0) is 19.8 Å². The van der Waals surface area contributed by atoms with Gasteiger partial charge in [0.1, 0.15) is 9.88 Å². The zero-order valence-corrected chi connectivity index (χ0v) is 12.4. The van der Waals surface area contributed by atoms with E-state index in [4.69, 9.17) is 9.84 Å². The van der Waals surface area contributed by atoms with Crippen molar-refractivity contribution in [2.24, 2.45) is 0 Å². The number of nitrogens with one attached hydrogen (secondary N) is 2. The molecule has 112 valence electrons. The highest BCUT2D eigenvalue weighted by Crippen LogP contribution is 2.17. The average molecular weight is 301 g/mol. The molecule has 0 saturated carbocycles. The zero-order chi connectivity index (χ0) is 15.0. The molecular weight excluding hydrogens is 282 g/mol. The van der Waals surface area contributed by atoms with Crippen molar-refractivity contribution in [1.29, 1.82) is 0 Å². The Morgan fingerprint density at radius 3 is 2.70 bits per heavy atom. The SMILES string of the molecule is COCCCCNC(=O)NCc1nc(C)c(C(=O)O)s1. The van der Waals surface area contributed by atoms with Gasteiger partial charge < -0.3 is 20.5 Å². The molecule has 0 radical (unpaired) electrons. The molecular formula is C12H19N3O4S. The third-order valence-corrected chi connectivity index (χ3v) is 3.64. The normalized spacial score (nSPS) is 10.3. The van der Waals surface area contributed by atoms with Crippen LogP contribution in [0.1, 0.15) is 33.2 Å². The van der Waals surface area contributed by atoms with Gasteiger partial charge in [0.2, 0.25) is 0 Å². The topological polar surface area (TPSA) is 101 Å². The number of aromatic carboxylic acids is 1. The first-order valence-electron chi connectivity index (χ1n) is 6.24. The monoisotopic (exact) mass is 301 g/mol. The van der Waals surface area contributed by atoms with Crippen molar-refractivity contribution in [2.45, 2.75) is 26.3 Å². The summed E-state index contributed by atoms with van der Waals surface area (Å²) in [6.45, 7) is 3.12. The second-order valence-corrected chi connectivity index (χ2v) is 5.22. The third kappa shape index (κ3) is 5.54. The van der Waals surface area contributed by atoms with E-state index in [9.17, 15) is 9.59 Å². The number of unbranched alkanes of at least 4 members (excludes halogenated alkanes) is 1. The maximum Gasteiger partial charge on any atom is 0.347 e. The Morgan fingerprint density at radius 1 is 1.35 bits per heavy atom. The van der Waals surface area contributed by atoms with E-state index in [1.165, 1.54) is 0 Å². The standard InChI is InChI=1S/C12H19N3O4S/c1-8-10(11(16)17)20-9(15-8)7-14-12(18)13-5-3-4-6-19-2/h3-7H2,1-2H3,(H,16,17)(H2,13,14,18). The molecule has 3 N–H and O–H groups in total. The minimum Gasteiger partial charge on any atom is -0.477 e. The van der Waals surface area contributed by atoms with Gasteiger partial charge in [-0.3, -0.25) is 0 Å². The van der Waals surface area contributed by atoms with Gasteiger partial charge in [0.15, 0.2) is 0 Å². The number of carboxylic acid groups (broad SMARTS) is 1. The van der Waals surface area contributed by atoms with Gasteiger partial charge in [-0.2, -0.15) is 0 Å². The number of nitrogens with zero attached hydrogens (tertiary/aromatic N) is 1. The maximum atomic E-state index is 11.5. The Balaban J connectivity index is 2.27. The van der Waals surface area contributed by atoms with E-state index in [0.29, 0.717) is 23.9 Å². The molecule has 1 aromatic heterocycles. The summed E-state index contributed by atoms with van der Waals surface area (Å²) in [6, 6.07) is -0.285. The number of ether oxygens (including phenoxy) is 1. The lowest BCUT2D eigenvalue weighted by molar-refractivity contribution is 0.0701. The molecule has 0 aliphatic heterocycles. The number of thiazole rings is 1. The largest absolute Gasteiger partial charge is 0.477 e. The molecule has 7 nitrogen and oxygen atoms in total. The van der Waals surface area contributed by atoms with E-state index in [1.807, 2.05) is 0 Å². The Bertz CT molecular complexity index is 462. The lowest BCUT2D eigenvalue weighted by atomic mass is 10.3. The molecule has 1 heterocycles. The van der Waals surface area contributed by atoms with Crippen LogP contribution in [0.15, 0.2) is 0 Å². The number of methoxy groups -OCH3 is 1. The van der Waals surface area contributed by atoms with Gasteiger partial charge in [-0.1, -0.05) is 0 Å². The molecule has 0 unspecified atom stereocenters. The Kier molecular flexibility index (Phi) is 6.96. The number of aromatic nitrogens is 1. The molecule has 1 aromatic rings. The molecule has 20 heavy (non-hydrogen) atoms. The highest BCUT2D eigenvalue weighted by Gasteiger charge is 2.14. The molecule has 0 spiro atoms. The summed E-state index contributed by atoms with van der Waals surface area (Å²) in [7, 11) is 1.64. The van der Waals surface area contributed by atoms with Gasteiger partial charge >= 0.3 is 12.0 Å². The van der Waals surface area contributed by atoms with E-state index < -0.39 is 5.97 Å². The second-order valence-electron chi connectivity index (χ2n) is 4.14. The van der Waals surface area contributed by atoms with Gasteiger partial charge in [0, 0.05) is 20.3 Å². The van der Waals surface area contributed by atoms with Crippen LogP contribution >= 0.6 is 11.3 Å². The van der Waals surface area contributed by atoms with Crippen LogP contribution in [0.25, 0.3) is 0 Å². The molecule has 0 aliphatic carbocycles. The first-order valence-corrected chi connectivity index (χ1v) is 7.06. The van der Waals surface area contributed by atoms with Gasteiger partial charge in [0.05, 0.1) is 12.2 Å². The smallest absolute Gasteiger partial charge is 0.347 e. The summed E-state index contributed by atoms with van der Waals surface area (Å²) in [5.74, 6) is -0.992. The van der Waals surface area contributed by atoms with Crippen molar-refractivity contribution in [3.05, 3.63) is 15.6 Å². The fourth-order valence-corrected chi connectivity index (χ4v) is 2.36. The van der Waals surface area contributed by atoms with Crippen molar-refractivity contribution in [3.63, 3.8) is 0 Å². The molecule has 0 atom stereocenters. The number of hydrogen-bond donors (Lipinski definition) is 3. The summed E-state index contributed by atoms with van der Waals surface area (Å²) < 4.78 is 4.90. The van der Waals surface area contributed by atoms with Crippen molar-refractivity contribution in [1.82, 2.24) is 15.6 Å². The van der Waals surface area contributed by atoms with Crippen LogP contribution in [-0.2, 0) is 11.3 Å². The first kappa shape index (κ1) is 16.4. The number of carboxylic acids is 1. The molecule has 2 amide bonds. The highest BCUT2D eigenvalue weighted by atomic mass is 32.1. The van der Waals surface area contributed by atoms with E-state index in [2.05, 4.69) is 15.6 Å². The lowest BCUT2D eigenvalue weighted by Crippen LogP contribution is -2.35. The summed E-state index contributed by atoms with van der Waals surface area (Å²) in [5, 5.41) is 14.8. The lowest BCUT2D eigenvalue weighted by Gasteiger charge is -2.05. The quantitative estimate of drug-likeness (QED) is 0.630. The van der Waals surface area contributed by atoms with Crippen LogP contribution < -0.4 is 10.6 Å². The number of carbonyl (C=O) groups is 2. The van der Waals surface area contributed by atoms with Crippen LogP contribution in [0.5, 0.6) is 0 Å². The number of aryl methyl sites for hydroxylation is 1. The van der Waals surface area contributed by atoms with Crippen LogP contribution in [0, 0.1) is 6.92 Å². The molecule has 0 aromatic carbocycles. The summed E-state index contributed by atoms with van der Waals surface area (Å²) in [4.78, 5) is 26.7. The predicted molar refractivity (Wildman–Crippen MR) is 75.2 cm³/mol. The van der Waals surface area contributed by atoms with Crippen LogP contribution in [-0.4, -0.2) is 42.4 Å². The fourth-order valence-electron chi connectivity index (χ4n) is 1.52. The minimum atomic E-state index is -0.992. The first-order chi connectivity index (χ1) is 9.54. The molecule has 0 bridgehead atoms. The molecule has 0 aliphatic rings. The fraction of sp³-hybridized carbons (Fsp3) is 0.583. The predicted octanol–water partition coefficient (Wildman–Crippen LogP) is 1.38. The number of rotatable bonds is 8. The average Bonchev–Trinajstić information content (AvgIpc) is 2.77. The van der Waals surface area contributed by atoms with E-state index in [-0.39, 0.29) is 17.5 Å². The van der Waals surface area contributed by atoms with Crippen molar-refractivity contribution in [2.75, 3.05) is 20.3 Å². The van der Waals surface area contributed by atoms with Crippen molar-refractivity contribution < 1.29 is 19.4 Å². The van der Waals surface area contributed by atoms with Gasteiger partial charge in [0.25, 0.3) is 0 Å². The van der Waals surface area contributed by atoms with Crippen LogP contribution in [0.4, 0.5) is 4.79 Å². The van der Waals surface area contributed by atoms with Gasteiger partial charge in [-0.25, -0.2) is 14.6 Å². The highest BCUT2D eigenvalue weighted by molar-refractivity contribution is 7.13. The zero-order valence-electron chi connectivity index (χ0n) is 11.6. The van der Waals surface area contributed by atoms with Crippen molar-refractivity contribution >= 4 is 23.3 Å². The minimum absolute atomic E-state index is 0.210. The summed E-state index contributed by atoms with van der Waals surface area (Å²) in [6.07, 6.45) is 1.74. The number of amides is 2. The van der Waals surface area contributed by atoms with Crippen LogP contribution in [0.3, 0.4) is 0 Å². The molecule has 0 saturated heterocycles. The number of carbonyl (C=O) groups excluding carboxylic acids is 1. The summed E-state index contributed by atoms with van der Waals surface area (Å²) in [5.41, 5.74) is 0.472. The van der Waals surface area contributed by atoms with E-state index in [0.717, 1.165) is 24.2 Å². The van der Waals surface area contributed by atoms with E-state index in [1.54, 1.807) is 14.0 Å². The Hall–Kier alpha value is -1.67. The number of hydrogen-bond acceptors (Lipinski definition) is 5. The second kappa shape index (κ2) is 8.49. The summed E-state index contributed by atoms with van der Waals surface area (Å²) >= 11 is 1.07. The third-order valence-electron chi connectivity index (χ3n) is 2.50. The molecule has 0 fully saturated rings. The Morgan fingerprint density at radius 2 is 2.10 bits per heavy atom.